The monoisotopic (exact) mass is 328 g/mol. The molecule has 0 saturated carbocycles. The first kappa shape index (κ1) is 16.6. The molecule has 1 aliphatic heterocycles. The average Bonchev–Trinajstić information content (AvgIpc) is 3.03. The lowest BCUT2D eigenvalue weighted by Gasteiger charge is -2.25. The van der Waals surface area contributed by atoms with E-state index < -0.39 is 0 Å². The highest BCUT2D eigenvalue weighted by molar-refractivity contribution is 5.38. The van der Waals surface area contributed by atoms with Gasteiger partial charge in [0.1, 0.15) is 11.6 Å². The van der Waals surface area contributed by atoms with Crippen LogP contribution in [0.4, 0.5) is 5.82 Å². The van der Waals surface area contributed by atoms with Gasteiger partial charge in [-0.3, -0.25) is 4.90 Å². The maximum absolute atomic E-state index is 5.02. The lowest BCUT2D eigenvalue weighted by atomic mass is 10.1. The molecule has 1 saturated heterocycles. The molecule has 3 rings (SSSR count). The van der Waals surface area contributed by atoms with Crippen LogP contribution in [0.1, 0.15) is 36.0 Å². The molecule has 2 aromatic heterocycles. The average molecular weight is 328 g/mol. The number of aromatic nitrogens is 4. The van der Waals surface area contributed by atoms with E-state index in [4.69, 9.17) is 4.74 Å². The fraction of sp³-hybridized carbons (Fsp3) is 0.529. The van der Waals surface area contributed by atoms with Crippen molar-refractivity contribution in [3.63, 3.8) is 0 Å². The summed E-state index contributed by atoms with van der Waals surface area (Å²) in [6.45, 7) is 3.82. The van der Waals surface area contributed by atoms with E-state index in [2.05, 4.69) is 30.9 Å². The molecule has 0 N–H and O–H groups in total. The molecule has 0 bridgehead atoms. The van der Waals surface area contributed by atoms with Gasteiger partial charge >= 0.3 is 6.01 Å². The van der Waals surface area contributed by atoms with Gasteiger partial charge in [-0.1, -0.05) is 0 Å². The van der Waals surface area contributed by atoms with Crippen LogP contribution < -0.4 is 9.64 Å². The second kappa shape index (κ2) is 7.09. The Balaban J connectivity index is 1.80. The maximum Gasteiger partial charge on any atom is 0.316 e. The van der Waals surface area contributed by atoms with Crippen LogP contribution in [0.5, 0.6) is 6.01 Å². The lowest BCUT2D eigenvalue weighted by molar-refractivity contribution is 0.243. The van der Waals surface area contributed by atoms with Crippen LogP contribution in [-0.4, -0.2) is 52.6 Å². The second-order valence-electron chi connectivity index (χ2n) is 6.30. The number of aryl methyl sites for hydroxylation is 1. The number of nitrogens with zero attached hydrogens (tertiary/aromatic N) is 6. The van der Waals surface area contributed by atoms with Gasteiger partial charge in [-0.15, -0.1) is 0 Å². The summed E-state index contributed by atoms with van der Waals surface area (Å²) in [5.41, 5.74) is 2.18. The van der Waals surface area contributed by atoms with Gasteiger partial charge in [0.15, 0.2) is 0 Å². The van der Waals surface area contributed by atoms with Crippen molar-refractivity contribution < 1.29 is 4.74 Å². The summed E-state index contributed by atoms with van der Waals surface area (Å²) < 4.78 is 5.02. The van der Waals surface area contributed by atoms with Crippen LogP contribution in [0.15, 0.2) is 18.5 Å². The molecule has 1 fully saturated rings. The lowest BCUT2D eigenvalue weighted by Crippen LogP contribution is -2.24. The summed E-state index contributed by atoms with van der Waals surface area (Å²) in [6.07, 6.45) is 5.94. The predicted molar refractivity (Wildman–Crippen MR) is 92.1 cm³/mol. The summed E-state index contributed by atoms with van der Waals surface area (Å²) in [7, 11) is 5.59. The highest BCUT2D eigenvalue weighted by Gasteiger charge is 2.28. The van der Waals surface area contributed by atoms with Gasteiger partial charge < -0.3 is 9.64 Å². The first-order valence-corrected chi connectivity index (χ1v) is 8.18. The summed E-state index contributed by atoms with van der Waals surface area (Å²) in [5, 5.41) is 0. The molecular formula is C17H24N6O. The summed E-state index contributed by atoms with van der Waals surface area (Å²) in [5.74, 6) is 1.77. The minimum Gasteiger partial charge on any atom is -0.467 e. The maximum atomic E-state index is 5.02. The number of hydrogen-bond donors (Lipinski definition) is 0. The third-order valence-corrected chi connectivity index (χ3v) is 4.26. The van der Waals surface area contributed by atoms with Gasteiger partial charge in [0.25, 0.3) is 0 Å². The molecule has 1 atom stereocenters. The van der Waals surface area contributed by atoms with Crippen LogP contribution in [0, 0.1) is 6.92 Å². The van der Waals surface area contributed by atoms with E-state index in [0.717, 1.165) is 42.4 Å². The standard InChI is InChI=1S/C17H24N6O/c1-12-20-14(8-16(21-12)22(2)3)15-6-5-7-23(15)11-13-9-18-17(24-4)19-10-13/h8-10,15H,5-7,11H2,1-4H3/t15-/m1/s1. The van der Waals surface area contributed by atoms with Gasteiger partial charge in [0, 0.05) is 44.7 Å². The zero-order valence-electron chi connectivity index (χ0n) is 14.7. The molecule has 0 spiro atoms. The normalized spacial score (nSPS) is 17.9. The zero-order chi connectivity index (χ0) is 17.1. The summed E-state index contributed by atoms with van der Waals surface area (Å²) >= 11 is 0. The molecule has 24 heavy (non-hydrogen) atoms. The minimum atomic E-state index is 0.313. The second-order valence-corrected chi connectivity index (χ2v) is 6.30. The van der Waals surface area contributed by atoms with Crippen LogP contribution >= 0.6 is 0 Å². The molecule has 7 nitrogen and oxygen atoms in total. The Hall–Kier alpha value is -2.28. The first-order chi connectivity index (χ1) is 11.6. The van der Waals surface area contributed by atoms with Crippen molar-refractivity contribution >= 4 is 5.82 Å². The Morgan fingerprint density at radius 2 is 2.00 bits per heavy atom. The molecule has 0 aromatic carbocycles. The molecule has 1 aliphatic rings. The molecular weight excluding hydrogens is 304 g/mol. The van der Waals surface area contributed by atoms with Crippen molar-refractivity contribution in [1.82, 2.24) is 24.8 Å². The van der Waals surface area contributed by atoms with Gasteiger partial charge in [-0.05, 0) is 26.3 Å². The van der Waals surface area contributed by atoms with Crippen molar-refractivity contribution in [1.29, 1.82) is 0 Å². The van der Waals surface area contributed by atoms with Crippen LogP contribution in [-0.2, 0) is 6.54 Å². The molecule has 0 unspecified atom stereocenters. The highest BCUT2D eigenvalue weighted by Crippen LogP contribution is 2.33. The molecule has 0 radical (unpaired) electrons. The van der Waals surface area contributed by atoms with Crippen LogP contribution in [0.3, 0.4) is 0 Å². The van der Waals surface area contributed by atoms with E-state index in [9.17, 15) is 0 Å². The van der Waals surface area contributed by atoms with E-state index in [1.807, 2.05) is 38.3 Å². The summed E-state index contributed by atoms with van der Waals surface area (Å²) in [6, 6.07) is 2.81. The predicted octanol–water partition coefficient (Wildman–Crippen LogP) is 1.99. The number of methoxy groups -OCH3 is 1. The number of ether oxygens (including phenoxy) is 1. The molecule has 3 heterocycles. The third-order valence-electron chi connectivity index (χ3n) is 4.26. The molecule has 0 aliphatic carbocycles. The van der Waals surface area contributed by atoms with Crippen molar-refractivity contribution in [2.24, 2.45) is 0 Å². The topological polar surface area (TPSA) is 67.3 Å². The largest absolute Gasteiger partial charge is 0.467 e. The fourth-order valence-corrected chi connectivity index (χ4v) is 3.09. The smallest absolute Gasteiger partial charge is 0.316 e. The Morgan fingerprint density at radius 1 is 1.25 bits per heavy atom. The quantitative estimate of drug-likeness (QED) is 0.831. The molecule has 0 amide bonds. The van der Waals surface area contributed by atoms with E-state index in [0.29, 0.717) is 12.1 Å². The molecule has 128 valence electrons. The zero-order valence-corrected chi connectivity index (χ0v) is 14.7. The van der Waals surface area contributed by atoms with Gasteiger partial charge in [0.2, 0.25) is 0 Å². The van der Waals surface area contributed by atoms with Gasteiger partial charge in [0.05, 0.1) is 18.8 Å². The van der Waals surface area contributed by atoms with Gasteiger partial charge in [-0.25, -0.2) is 19.9 Å². The van der Waals surface area contributed by atoms with Crippen molar-refractivity contribution in [3.05, 3.63) is 35.5 Å². The molecule has 2 aromatic rings. The number of hydrogen-bond acceptors (Lipinski definition) is 7. The molecule has 7 heteroatoms. The Bertz CT molecular complexity index is 688. The van der Waals surface area contributed by atoms with Crippen LogP contribution in [0.2, 0.25) is 0 Å². The number of rotatable bonds is 5. The van der Waals surface area contributed by atoms with Crippen molar-refractivity contribution in [2.45, 2.75) is 32.4 Å². The Labute approximate surface area is 142 Å². The Kier molecular flexibility index (Phi) is 4.89. The van der Waals surface area contributed by atoms with Crippen molar-refractivity contribution in [3.8, 4) is 6.01 Å². The number of anilines is 1. The fourth-order valence-electron chi connectivity index (χ4n) is 3.09. The van der Waals surface area contributed by atoms with E-state index in [1.165, 1.54) is 6.42 Å². The highest BCUT2D eigenvalue weighted by atomic mass is 16.5. The SMILES string of the molecule is COc1ncc(CN2CCC[C@@H]2c2cc(N(C)C)nc(C)n2)cn1. The minimum absolute atomic E-state index is 0.313. The third kappa shape index (κ3) is 3.62. The Morgan fingerprint density at radius 3 is 2.67 bits per heavy atom. The first-order valence-electron chi connectivity index (χ1n) is 8.18. The summed E-state index contributed by atoms with van der Waals surface area (Å²) in [4.78, 5) is 22.0. The van der Waals surface area contributed by atoms with E-state index in [-0.39, 0.29) is 0 Å². The number of likely N-dealkylation sites (tertiary alicyclic amines) is 1. The van der Waals surface area contributed by atoms with Crippen LogP contribution in [0.25, 0.3) is 0 Å². The van der Waals surface area contributed by atoms with Crippen molar-refractivity contribution in [2.75, 3.05) is 32.6 Å². The van der Waals surface area contributed by atoms with E-state index in [1.54, 1.807) is 7.11 Å². The van der Waals surface area contributed by atoms with E-state index >= 15 is 0 Å². The van der Waals surface area contributed by atoms with Gasteiger partial charge in [-0.2, -0.15) is 0 Å².